The molecule has 0 aliphatic carbocycles. The van der Waals surface area contributed by atoms with Gasteiger partial charge in [0.1, 0.15) is 0 Å². The third kappa shape index (κ3) is 12.4. The highest BCUT2D eigenvalue weighted by Gasteiger charge is 2.18. The highest BCUT2D eigenvalue weighted by molar-refractivity contribution is 4.78. The van der Waals surface area contributed by atoms with Crippen molar-refractivity contribution >= 4 is 0 Å². The monoisotopic (exact) mass is 314 g/mol. The highest BCUT2D eigenvalue weighted by Crippen LogP contribution is 2.05. The van der Waals surface area contributed by atoms with Crippen LogP contribution in [-0.4, -0.2) is 61.8 Å². The fraction of sp³-hybridized carbons (Fsp3) is 1.00. The topological polar surface area (TPSA) is 39.3 Å². The molecule has 22 heavy (non-hydrogen) atoms. The Kier molecular flexibility index (Phi) is 12.2. The zero-order valence-corrected chi connectivity index (χ0v) is 16.4. The van der Waals surface area contributed by atoms with E-state index >= 15 is 0 Å². The zero-order valence-electron chi connectivity index (χ0n) is 16.4. The zero-order chi connectivity index (χ0) is 17.1. The maximum absolute atomic E-state index is 3.73. The van der Waals surface area contributed by atoms with Gasteiger partial charge in [0.25, 0.3) is 0 Å². The Morgan fingerprint density at radius 3 is 1.45 bits per heavy atom. The molecular formula is C18H42N4. The maximum atomic E-state index is 3.73. The predicted molar refractivity (Wildman–Crippen MR) is 99.6 cm³/mol. The molecule has 3 N–H and O–H groups in total. The van der Waals surface area contributed by atoms with E-state index in [0.717, 1.165) is 32.7 Å². The minimum atomic E-state index is 0.539. The molecule has 0 heterocycles. The van der Waals surface area contributed by atoms with E-state index < -0.39 is 0 Å². The van der Waals surface area contributed by atoms with Gasteiger partial charge in [0.15, 0.2) is 0 Å². The summed E-state index contributed by atoms with van der Waals surface area (Å²) >= 11 is 0. The average Bonchev–Trinajstić information content (AvgIpc) is 2.35. The Balaban J connectivity index is 4.44. The van der Waals surface area contributed by atoms with E-state index in [2.05, 4.69) is 76.2 Å². The molecule has 4 heteroatoms. The summed E-state index contributed by atoms with van der Waals surface area (Å²) in [5.41, 5.74) is 0. The predicted octanol–water partition coefficient (Wildman–Crippen LogP) is 2.31. The van der Waals surface area contributed by atoms with Gasteiger partial charge in [-0.25, -0.2) is 0 Å². The van der Waals surface area contributed by atoms with Crippen molar-refractivity contribution in [1.29, 1.82) is 0 Å². The average molecular weight is 315 g/mol. The molecule has 0 aromatic rings. The lowest BCUT2D eigenvalue weighted by atomic mass is 10.0. The van der Waals surface area contributed by atoms with E-state index in [1.165, 1.54) is 0 Å². The van der Waals surface area contributed by atoms with Crippen LogP contribution in [0.15, 0.2) is 0 Å². The summed E-state index contributed by atoms with van der Waals surface area (Å²) in [7, 11) is 0. The molecule has 0 aliphatic heterocycles. The van der Waals surface area contributed by atoms with Crippen LogP contribution in [-0.2, 0) is 0 Å². The number of hydrogen-bond acceptors (Lipinski definition) is 4. The number of rotatable bonds is 13. The molecule has 0 aromatic carbocycles. The van der Waals surface area contributed by atoms with Gasteiger partial charge in [-0.1, -0.05) is 55.4 Å². The van der Waals surface area contributed by atoms with E-state index in [0.29, 0.717) is 30.1 Å². The summed E-state index contributed by atoms with van der Waals surface area (Å²) in [4.78, 5) is 2.59. The molecule has 0 saturated carbocycles. The van der Waals surface area contributed by atoms with Crippen LogP contribution in [0.1, 0.15) is 55.4 Å². The second kappa shape index (κ2) is 12.3. The Bertz CT molecular complexity index is 237. The van der Waals surface area contributed by atoms with Crippen molar-refractivity contribution in [1.82, 2.24) is 20.9 Å². The Hall–Kier alpha value is -0.160. The summed E-state index contributed by atoms with van der Waals surface area (Å²) in [5, 5.41) is 10.8. The van der Waals surface area contributed by atoms with Crippen molar-refractivity contribution in [2.24, 2.45) is 5.92 Å². The van der Waals surface area contributed by atoms with Crippen LogP contribution in [0, 0.1) is 5.92 Å². The van der Waals surface area contributed by atoms with Gasteiger partial charge in [-0.3, -0.25) is 4.90 Å². The molecule has 0 saturated heterocycles. The van der Waals surface area contributed by atoms with E-state index in [-0.39, 0.29) is 0 Å². The third-order valence-electron chi connectivity index (χ3n) is 3.77. The van der Waals surface area contributed by atoms with Gasteiger partial charge in [0, 0.05) is 56.9 Å². The molecule has 4 nitrogen and oxygen atoms in total. The minimum Gasteiger partial charge on any atom is -0.313 e. The summed E-state index contributed by atoms with van der Waals surface area (Å²) in [6, 6.07) is 2.21. The second-order valence-electron chi connectivity index (χ2n) is 7.69. The molecule has 0 amide bonds. The van der Waals surface area contributed by atoms with E-state index in [4.69, 9.17) is 0 Å². The molecule has 0 rings (SSSR count). The van der Waals surface area contributed by atoms with Crippen molar-refractivity contribution in [2.45, 2.75) is 79.6 Å². The Labute approximate surface area is 139 Å². The Morgan fingerprint density at radius 1 is 0.682 bits per heavy atom. The molecule has 0 aliphatic rings. The minimum absolute atomic E-state index is 0.539. The van der Waals surface area contributed by atoms with Crippen LogP contribution in [0.4, 0.5) is 0 Å². The van der Waals surface area contributed by atoms with E-state index in [1.807, 2.05) is 0 Å². The fourth-order valence-corrected chi connectivity index (χ4v) is 2.48. The first kappa shape index (κ1) is 21.8. The lowest BCUT2D eigenvalue weighted by Crippen LogP contribution is -2.49. The van der Waals surface area contributed by atoms with Crippen LogP contribution >= 0.6 is 0 Å². The first-order valence-electron chi connectivity index (χ1n) is 9.17. The van der Waals surface area contributed by atoms with Gasteiger partial charge in [-0.05, 0) is 5.92 Å². The fourth-order valence-electron chi connectivity index (χ4n) is 2.48. The molecule has 1 atom stereocenters. The Morgan fingerprint density at radius 2 is 1.14 bits per heavy atom. The number of nitrogens with zero attached hydrogens (tertiary/aromatic N) is 1. The summed E-state index contributed by atoms with van der Waals surface area (Å²) in [5.74, 6) is 0.654. The van der Waals surface area contributed by atoms with Crippen molar-refractivity contribution in [3.8, 4) is 0 Å². The maximum Gasteiger partial charge on any atom is 0.0220 e. The standard InChI is InChI=1S/C18H42N4/c1-14(2)18(21-17(7)8)13-22(11-9-19-15(3)4)12-10-20-16(5)6/h14-21H,9-13H2,1-8H3. The van der Waals surface area contributed by atoms with Gasteiger partial charge in [-0.15, -0.1) is 0 Å². The molecule has 0 fully saturated rings. The summed E-state index contributed by atoms with van der Waals surface area (Å²) in [6.45, 7) is 23.4. The SMILES string of the molecule is CC(C)NCCN(CCNC(C)C)CC(NC(C)C)C(C)C. The van der Waals surface area contributed by atoms with Crippen molar-refractivity contribution < 1.29 is 0 Å². The van der Waals surface area contributed by atoms with Gasteiger partial charge >= 0.3 is 0 Å². The second-order valence-corrected chi connectivity index (χ2v) is 7.69. The largest absolute Gasteiger partial charge is 0.313 e. The number of nitrogens with one attached hydrogen (secondary N) is 3. The number of hydrogen-bond donors (Lipinski definition) is 3. The quantitative estimate of drug-likeness (QED) is 0.488. The van der Waals surface area contributed by atoms with Crippen LogP contribution in [0.2, 0.25) is 0 Å². The molecule has 0 radical (unpaired) electrons. The van der Waals surface area contributed by atoms with Crippen LogP contribution in [0.25, 0.3) is 0 Å². The summed E-state index contributed by atoms with van der Waals surface area (Å²) < 4.78 is 0. The molecule has 0 aromatic heterocycles. The lowest BCUT2D eigenvalue weighted by Gasteiger charge is -2.32. The van der Waals surface area contributed by atoms with Gasteiger partial charge < -0.3 is 16.0 Å². The third-order valence-corrected chi connectivity index (χ3v) is 3.77. The molecular weight excluding hydrogens is 272 g/mol. The van der Waals surface area contributed by atoms with Crippen LogP contribution < -0.4 is 16.0 Å². The molecule has 0 spiro atoms. The summed E-state index contributed by atoms with van der Waals surface area (Å²) in [6.07, 6.45) is 0. The molecule has 0 bridgehead atoms. The lowest BCUT2D eigenvalue weighted by molar-refractivity contribution is 0.209. The van der Waals surface area contributed by atoms with E-state index in [9.17, 15) is 0 Å². The van der Waals surface area contributed by atoms with Gasteiger partial charge in [0.2, 0.25) is 0 Å². The smallest absolute Gasteiger partial charge is 0.0220 e. The van der Waals surface area contributed by atoms with Gasteiger partial charge in [0.05, 0.1) is 0 Å². The first-order valence-corrected chi connectivity index (χ1v) is 9.17. The van der Waals surface area contributed by atoms with Crippen molar-refractivity contribution in [3.63, 3.8) is 0 Å². The molecule has 1 unspecified atom stereocenters. The van der Waals surface area contributed by atoms with Gasteiger partial charge in [-0.2, -0.15) is 0 Å². The van der Waals surface area contributed by atoms with Crippen LogP contribution in [0.5, 0.6) is 0 Å². The highest BCUT2D eigenvalue weighted by atomic mass is 15.2. The normalized spacial score (nSPS) is 14.0. The van der Waals surface area contributed by atoms with E-state index in [1.54, 1.807) is 0 Å². The van der Waals surface area contributed by atoms with Crippen LogP contribution in [0.3, 0.4) is 0 Å². The molecule has 134 valence electrons. The van der Waals surface area contributed by atoms with Crippen molar-refractivity contribution in [2.75, 3.05) is 32.7 Å². The first-order chi connectivity index (χ1) is 10.2. The van der Waals surface area contributed by atoms with Crippen molar-refractivity contribution in [3.05, 3.63) is 0 Å².